The van der Waals surface area contributed by atoms with E-state index in [1.54, 1.807) is 0 Å². The van der Waals surface area contributed by atoms with Crippen molar-refractivity contribution in [3.8, 4) is 11.4 Å². The van der Waals surface area contributed by atoms with Crippen molar-refractivity contribution in [2.75, 3.05) is 5.43 Å². The van der Waals surface area contributed by atoms with Gasteiger partial charge >= 0.3 is 0 Å². The minimum absolute atomic E-state index is 0.550. The van der Waals surface area contributed by atoms with E-state index in [-0.39, 0.29) is 0 Å². The zero-order valence-electron chi connectivity index (χ0n) is 11.8. The number of anilines is 1. The van der Waals surface area contributed by atoms with E-state index in [4.69, 9.17) is 10.8 Å². The number of rotatable bonds is 3. The van der Waals surface area contributed by atoms with Gasteiger partial charge in [-0.15, -0.1) is 0 Å². The fraction of sp³-hybridized carbons (Fsp3) is 0.375. The van der Waals surface area contributed by atoms with E-state index in [1.807, 2.05) is 18.2 Å². The number of hydrogen-bond donors (Lipinski definition) is 2. The second-order valence-corrected chi connectivity index (χ2v) is 5.50. The van der Waals surface area contributed by atoms with Crippen LogP contribution in [-0.2, 0) is 0 Å². The van der Waals surface area contributed by atoms with Crippen LogP contribution in [0.1, 0.15) is 42.9 Å². The Hall–Kier alpha value is -1.94. The van der Waals surface area contributed by atoms with Crippen LogP contribution in [0.2, 0.25) is 0 Å². The van der Waals surface area contributed by atoms with Crippen LogP contribution in [-0.4, -0.2) is 9.97 Å². The summed E-state index contributed by atoms with van der Waals surface area (Å²) in [5.41, 5.74) is 6.03. The van der Waals surface area contributed by atoms with Gasteiger partial charge in [0, 0.05) is 23.2 Å². The van der Waals surface area contributed by atoms with Crippen LogP contribution >= 0.6 is 0 Å². The highest BCUT2D eigenvalue weighted by Gasteiger charge is 2.20. The SMILES string of the molecule is Cc1cccc(-c2nc(NN)cc(C3CCCC3)n2)c1. The maximum atomic E-state index is 5.55. The molecule has 1 saturated carbocycles. The summed E-state index contributed by atoms with van der Waals surface area (Å²) in [7, 11) is 0. The molecule has 0 amide bonds. The van der Waals surface area contributed by atoms with Crippen LogP contribution in [0.4, 0.5) is 5.82 Å². The van der Waals surface area contributed by atoms with Gasteiger partial charge < -0.3 is 5.43 Å². The molecule has 4 heteroatoms. The molecule has 0 radical (unpaired) electrons. The largest absolute Gasteiger partial charge is 0.308 e. The lowest BCUT2D eigenvalue weighted by Crippen LogP contribution is -2.11. The average molecular weight is 268 g/mol. The number of nitrogens with one attached hydrogen (secondary N) is 1. The number of hydrazine groups is 1. The summed E-state index contributed by atoms with van der Waals surface area (Å²) in [5, 5.41) is 0. The van der Waals surface area contributed by atoms with Crippen molar-refractivity contribution in [1.29, 1.82) is 0 Å². The molecule has 0 aliphatic heterocycles. The Morgan fingerprint density at radius 2 is 1.95 bits per heavy atom. The lowest BCUT2D eigenvalue weighted by Gasteiger charge is -2.12. The summed E-state index contributed by atoms with van der Waals surface area (Å²) >= 11 is 0. The highest BCUT2D eigenvalue weighted by molar-refractivity contribution is 5.58. The molecule has 104 valence electrons. The van der Waals surface area contributed by atoms with E-state index in [0.717, 1.165) is 17.1 Å². The predicted molar refractivity (Wildman–Crippen MR) is 81.2 cm³/mol. The number of aromatic nitrogens is 2. The van der Waals surface area contributed by atoms with Crippen LogP contribution in [0.5, 0.6) is 0 Å². The highest BCUT2D eigenvalue weighted by Crippen LogP contribution is 2.34. The Morgan fingerprint density at radius 3 is 2.65 bits per heavy atom. The third-order valence-electron chi connectivity index (χ3n) is 3.94. The first-order chi connectivity index (χ1) is 9.76. The quantitative estimate of drug-likeness (QED) is 0.661. The molecule has 4 nitrogen and oxygen atoms in total. The monoisotopic (exact) mass is 268 g/mol. The normalized spacial score (nSPS) is 15.5. The lowest BCUT2D eigenvalue weighted by molar-refractivity contribution is 0.695. The maximum Gasteiger partial charge on any atom is 0.161 e. The number of nitrogens with zero attached hydrogens (tertiary/aromatic N) is 2. The summed E-state index contributed by atoms with van der Waals surface area (Å²) in [6.45, 7) is 2.08. The van der Waals surface area contributed by atoms with Crippen molar-refractivity contribution in [2.45, 2.75) is 38.5 Å². The van der Waals surface area contributed by atoms with Gasteiger partial charge in [0.25, 0.3) is 0 Å². The number of hydrogen-bond acceptors (Lipinski definition) is 4. The molecule has 1 aliphatic rings. The van der Waals surface area contributed by atoms with Crippen LogP contribution in [0.15, 0.2) is 30.3 Å². The van der Waals surface area contributed by atoms with Crippen molar-refractivity contribution in [3.63, 3.8) is 0 Å². The van der Waals surface area contributed by atoms with Crippen LogP contribution in [0, 0.1) is 6.92 Å². The third kappa shape index (κ3) is 2.65. The zero-order valence-corrected chi connectivity index (χ0v) is 11.8. The molecule has 1 fully saturated rings. The van der Waals surface area contributed by atoms with Gasteiger partial charge in [-0.05, 0) is 25.8 Å². The molecular weight excluding hydrogens is 248 g/mol. The molecule has 2 aromatic rings. The van der Waals surface area contributed by atoms with Crippen LogP contribution in [0.3, 0.4) is 0 Å². The van der Waals surface area contributed by atoms with Crippen molar-refractivity contribution >= 4 is 5.82 Å². The molecule has 0 saturated heterocycles. The summed E-state index contributed by atoms with van der Waals surface area (Å²) in [5.74, 6) is 7.55. The second-order valence-electron chi connectivity index (χ2n) is 5.50. The minimum atomic E-state index is 0.550. The number of nitrogen functional groups attached to an aromatic ring is 1. The molecule has 1 aromatic heterocycles. The Labute approximate surface area is 119 Å². The molecule has 0 spiro atoms. The fourth-order valence-corrected chi connectivity index (χ4v) is 2.88. The molecule has 1 aliphatic carbocycles. The van der Waals surface area contributed by atoms with Crippen molar-refractivity contribution < 1.29 is 0 Å². The number of aryl methyl sites for hydroxylation is 1. The highest BCUT2D eigenvalue weighted by atomic mass is 15.3. The van der Waals surface area contributed by atoms with E-state index in [2.05, 4.69) is 29.5 Å². The average Bonchev–Trinajstić information content (AvgIpc) is 3.01. The zero-order chi connectivity index (χ0) is 13.9. The molecule has 0 bridgehead atoms. The first-order valence-electron chi connectivity index (χ1n) is 7.19. The van der Waals surface area contributed by atoms with Gasteiger partial charge in [-0.25, -0.2) is 15.8 Å². The van der Waals surface area contributed by atoms with Gasteiger partial charge in [-0.3, -0.25) is 0 Å². The molecule has 3 rings (SSSR count). The van der Waals surface area contributed by atoms with Gasteiger partial charge in [0.1, 0.15) is 5.82 Å². The number of nitrogens with two attached hydrogens (primary N) is 1. The molecule has 3 N–H and O–H groups in total. The van der Waals surface area contributed by atoms with Gasteiger partial charge in [-0.1, -0.05) is 36.6 Å². The predicted octanol–water partition coefficient (Wildman–Crippen LogP) is 3.40. The fourth-order valence-electron chi connectivity index (χ4n) is 2.88. The van der Waals surface area contributed by atoms with Crippen LogP contribution < -0.4 is 11.3 Å². The van der Waals surface area contributed by atoms with Gasteiger partial charge in [0.2, 0.25) is 0 Å². The Bertz CT molecular complexity index is 603. The Kier molecular flexibility index (Phi) is 3.65. The summed E-state index contributed by atoms with van der Waals surface area (Å²) in [6.07, 6.45) is 5.02. The minimum Gasteiger partial charge on any atom is -0.308 e. The standard InChI is InChI=1S/C16H20N4/c1-11-5-4-8-13(9-11)16-18-14(10-15(19-16)20-17)12-6-2-3-7-12/h4-5,8-10,12H,2-3,6-7,17H2,1H3,(H,18,19,20). The summed E-state index contributed by atoms with van der Waals surface area (Å²) in [4.78, 5) is 9.26. The lowest BCUT2D eigenvalue weighted by atomic mass is 10.0. The molecule has 20 heavy (non-hydrogen) atoms. The van der Waals surface area contributed by atoms with E-state index >= 15 is 0 Å². The topological polar surface area (TPSA) is 63.8 Å². The first-order valence-corrected chi connectivity index (χ1v) is 7.19. The van der Waals surface area contributed by atoms with Gasteiger partial charge in [-0.2, -0.15) is 0 Å². The molecule has 0 unspecified atom stereocenters. The Morgan fingerprint density at radius 1 is 1.15 bits per heavy atom. The summed E-state index contributed by atoms with van der Waals surface area (Å²) in [6, 6.07) is 10.2. The number of benzene rings is 1. The van der Waals surface area contributed by atoms with Crippen molar-refractivity contribution in [2.24, 2.45) is 5.84 Å². The van der Waals surface area contributed by atoms with E-state index < -0.39 is 0 Å². The molecule has 1 heterocycles. The van der Waals surface area contributed by atoms with Crippen molar-refractivity contribution in [3.05, 3.63) is 41.6 Å². The summed E-state index contributed by atoms with van der Waals surface area (Å²) < 4.78 is 0. The van der Waals surface area contributed by atoms with E-state index in [9.17, 15) is 0 Å². The van der Waals surface area contributed by atoms with Gasteiger partial charge in [0.15, 0.2) is 5.82 Å². The van der Waals surface area contributed by atoms with Crippen molar-refractivity contribution in [1.82, 2.24) is 9.97 Å². The first kappa shape index (κ1) is 13.1. The smallest absolute Gasteiger partial charge is 0.161 e. The van der Waals surface area contributed by atoms with Gasteiger partial charge in [0.05, 0.1) is 0 Å². The Balaban J connectivity index is 2.03. The maximum absolute atomic E-state index is 5.55. The molecular formula is C16H20N4. The van der Waals surface area contributed by atoms with E-state index in [1.165, 1.54) is 31.2 Å². The van der Waals surface area contributed by atoms with E-state index in [0.29, 0.717) is 11.7 Å². The third-order valence-corrected chi connectivity index (χ3v) is 3.94. The molecule has 0 atom stereocenters. The second kappa shape index (κ2) is 5.59. The van der Waals surface area contributed by atoms with Crippen LogP contribution in [0.25, 0.3) is 11.4 Å². The molecule has 1 aromatic carbocycles.